The summed E-state index contributed by atoms with van der Waals surface area (Å²) in [6.45, 7) is 2.75. The Morgan fingerprint density at radius 2 is 2.18 bits per heavy atom. The third-order valence-corrected chi connectivity index (χ3v) is 4.61. The molecule has 28 heavy (non-hydrogen) atoms. The van der Waals surface area contributed by atoms with Crippen molar-refractivity contribution in [1.82, 2.24) is 25.8 Å². The highest BCUT2D eigenvalue weighted by Gasteiger charge is 2.27. The lowest BCUT2D eigenvalue weighted by Gasteiger charge is -2.28. The van der Waals surface area contributed by atoms with Gasteiger partial charge in [0, 0.05) is 13.1 Å². The van der Waals surface area contributed by atoms with Crippen LogP contribution in [0.5, 0.6) is 0 Å². The quantitative estimate of drug-likeness (QED) is 0.241. The summed E-state index contributed by atoms with van der Waals surface area (Å²) in [7, 11) is 1.73. The fourth-order valence-corrected chi connectivity index (χ4v) is 3.18. The van der Waals surface area contributed by atoms with Crippen molar-refractivity contribution >= 4 is 35.9 Å². The highest BCUT2D eigenvalue weighted by atomic mass is 127. The van der Waals surface area contributed by atoms with Crippen molar-refractivity contribution in [2.75, 3.05) is 13.7 Å². The molecule has 3 rings (SSSR count). The Kier molecular flexibility index (Phi) is 8.74. The fraction of sp³-hybridized carbons (Fsp3) is 0.556. The molecule has 0 unspecified atom stereocenters. The highest BCUT2D eigenvalue weighted by Crippen LogP contribution is 2.25. The lowest BCUT2D eigenvalue weighted by molar-refractivity contribution is -0.149. The second-order valence-corrected chi connectivity index (χ2v) is 6.45. The molecule has 154 valence electrons. The molecule has 9 nitrogen and oxygen atoms in total. The largest absolute Gasteiger partial charge is 0.466 e. The standard InChI is InChI=1S/C18H26N6O3.HI/c1-3-26-17(25)12-6-8-13(9-7-12)21-18(19-2)20-11-15-22-16(24-23-15)14-5-4-10-27-14;/h4-5,10,12-13H,3,6-9,11H2,1-2H3,(H2,19,20,21)(H,22,23,24);1H. The topological polar surface area (TPSA) is 117 Å². The van der Waals surface area contributed by atoms with E-state index in [0.717, 1.165) is 25.7 Å². The summed E-state index contributed by atoms with van der Waals surface area (Å²) in [6, 6.07) is 3.90. The summed E-state index contributed by atoms with van der Waals surface area (Å²) in [6.07, 6.45) is 5.08. The number of aromatic amines is 1. The van der Waals surface area contributed by atoms with E-state index in [1.165, 1.54) is 0 Å². The zero-order valence-corrected chi connectivity index (χ0v) is 18.4. The Hall–Kier alpha value is -2.11. The van der Waals surface area contributed by atoms with Crippen molar-refractivity contribution in [2.45, 2.75) is 45.2 Å². The molecule has 1 aliphatic rings. The van der Waals surface area contributed by atoms with Crippen LogP contribution in [0.2, 0.25) is 0 Å². The maximum atomic E-state index is 11.8. The van der Waals surface area contributed by atoms with E-state index in [1.807, 2.05) is 13.0 Å². The predicted molar refractivity (Wildman–Crippen MR) is 115 cm³/mol. The lowest BCUT2D eigenvalue weighted by atomic mass is 9.86. The molecule has 0 aliphatic heterocycles. The van der Waals surface area contributed by atoms with Gasteiger partial charge in [0.15, 0.2) is 11.7 Å². The number of nitrogens with one attached hydrogen (secondary N) is 3. The molecular weight excluding hydrogens is 475 g/mol. The zero-order chi connectivity index (χ0) is 19.1. The van der Waals surface area contributed by atoms with Gasteiger partial charge in [-0.05, 0) is 44.7 Å². The van der Waals surface area contributed by atoms with Crippen molar-refractivity contribution in [3.05, 3.63) is 24.2 Å². The fourth-order valence-electron chi connectivity index (χ4n) is 3.18. The van der Waals surface area contributed by atoms with Crippen LogP contribution >= 0.6 is 24.0 Å². The van der Waals surface area contributed by atoms with Crippen LogP contribution in [0.15, 0.2) is 27.8 Å². The first kappa shape index (κ1) is 22.2. The van der Waals surface area contributed by atoms with E-state index in [9.17, 15) is 4.79 Å². The number of furan rings is 1. The number of hydrogen-bond donors (Lipinski definition) is 3. The van der Waals surface area contributed by atoms with Crippen LogP contribution in [0, 0.1) is 5.92 Å². The molecule has 0 aromatic carbocycles. The Balaban J connectivity index is 0.00000280. The second kappa shape index (κ2) is 11.0. The predicted octanol–water partition coefficient (Wildman–Crippen LogP) is 2.47. The molecule has 0 radical (unpaired) electrons. The minimum absolute atomic E-state index is 0. The van der Waals surface area contributed by atoms with E-state index in [4.69, 9.17) is 9.15 Å². The Bertz CT molecular complexity index is 753. The number of rotatable bonds is 6. The number of esters is 1. The van der Waals surface area contributed by atoms with Gasteiger partial charge >= 0.3 is 5.97 Å². The summed E-state index contributed by atoms with van der Waals surface area (Å²) in [5, 5.41) is 13.7. The number of hydrogen-bond acceptors (Lipinski definition) is 6. The molecule has 3 N–H and O–H groups in total. The number of ether oxygens (including phenoxy) is 1. The normalized spacial score (nSPS) is 19.6. The van der Waals surface area contributed by atoms with E-state index in [0.29, 0.717) is 36.5 Å². The molecule has 1 fully saturated rings. The van der Waals surface area contributed by atoms with Gasteiger partial charge in [-0.3, -0.25) is 14.9 Å². The summed E-state index contributed by atoms with van der Waals surface area (Å²) in [5.74, 6) is 2.49. The second-order valence-electron chi connectivity index (χ2n) is 6.45. The van der Waals surface area contributed by atoms with E-state index < -0.39 is 0 Å². The van der Waals surface area contributed by atoms with Crippen LogP contribution in [-0.2, 0) is 16.1 Å². The Morgan fingerprint density at radius 1 is 1.39 bits per heavy atom. The van der Waals surface area contributed by atoms with Gasteiger partial charge in [-0.15, -0.1) is 29.1 Å². The molecule has 0 saturated heterocycles. The van der Waals surface area contributed by atoms with Crippen molar-refractivity contribution in [1.29, 1.82) is 0 Å². The van der Waals surface area contributed by atoms with Crippen molar-refractivity contribution in [3.63, 3.8) is 0 Å². The molecule has 2 heterocycles. The number of halogens is 1. The SMILES string of the molecule is CCOC(=O)C1CCC(NC(=NC)NCc2nc(-c3ccco3)n[nH]2)CC1.I. The Labute approximate surface area is 181 Å². The monoisotopic (exact) mass is 502 g/mol. The smallest absolute Gasteiger partial charge is 0.308 e. The van der Waals surface area contributed by atoms with Crippen LogP contribution < -0.4 is 10.6 Å². The van der Waals surface area contributed by atoms with Gasteiger partial charge in [0.1, 0.15) is 5.82 Å². The number of aliphatic imine (C=N–C) groups is 1. The molecule has 0 bridgehead atoms. The molecule has 2 aromatic rings. The first-order chi connectivity index (χ1) is 13.2. The number of carbonyl (C=O) groups excluding carboxylic acids is 1. The summed E-state index contributed by atoms with van der Waals surface area (Å²) < 4.78 is 10.4. The van der Waals surface area contributed by atoms with Gasteiger partial charge in [0.2, 0.25) is 5.82 Å². The van der Waals surface area contributed by atoms with Crippen LogP contribution in [0.25, 0.3) is 11.6 Å². The van der Waals surface area contributed by atoms with Crippen molar-refractivity contribution < 1.29 is 13.9 Å². The molecule has 10 heteroatoms. The van der Waals surface area contributed by atoms with Crippen LogP contribution in [0.1, 0.15) is 38.4 Å². The Morgan fingerprint density at radius 3 is 2.82 bits per heavy atom. The van der Waals surface area contributed by atoms with E-state index >= 15 is 0 Å². The summed E-state index contributed by atoms with van der Waals surface area (Å²) in [4.78, 5) is 20.5. The van der Waals surface area contributed by atoms with E-state index in [-0.39, 0.29) is 41.9 Å². The molecular formula is C18H27IN6O3. The molecule has 0 atom stereocenters. The van der Waals surface area contributed by atoms with Gasteiger partial charge in [0.25, 0.3) is 0 Å². The molecule has 0 amide bonds. The number of guanidine groups is 1. The minimum Gasteiger partial charge on any atom is -0.466 e. The van der Waals surface area contributed by atoms with Gasteiger partial charge in [-0.25, -0.2) is 4.98 Å². The van der Waals surface area contributed by atoms with Gasteiger partial charge in [-0.2, -0.15) is 0 Å². The number of aromatic nitrogens is 3. The molecule has 1 aliphatic carbocycles. The van der Waals surface area contributed by atoms with E-state index in [1.54, 1.807) is 19.4 Å². The molecule has 0 spiro atoms. The number of carbonyl (C=O) groups is 1. The number of nitrogens with zero attached hydrogens (tertiary/aromatic N) is 3. The van der Waals surface area contributed by atoms with Crippen molar-refractivity contribution in [3.8, 4) is 11.6 Å². The third kappa shape index (κ3) is 5.94. The summed E-state index contributed by atoms with van der Waals surface area (Å²) >= 11 is 0. The maximum Gasteiger partial charge on any atom is 0.308 e. The van der Waals surface area contributed by atoms with Crippen LogP contribution in [0.4, 0.5) is 0 Å². The highest BCUT2D eigenvalue weighted by molar-refractivity contribution is 14.0. The van der Waals surface area contributed by atoms with E-state index in [2.05, 4.69) is 30.8 Å². The maximum absolute atomic E-state index is 11.8. The first-order valence-corrected chi connectivity index (χ1v) is 9.28. The van der Waals surface area contributed by atoms with Crippen LogP contribution in [-0.4, -0.2) is 46.8 Å². The first-order valence-electron chi connectivity index (χ1n) is 9.28. The molecule has 2 aromatic heterocycles. The van der Waals surface area contributed by atoms with Gasteiger partial charge in [0.05, 0.1) is 25.3 Å². The number of H-pyrrole nitrogens is 1. The molecule has 1 saturated carbocycles. The lowest BCUT2D eigenvalue weighted by Crippen LogP contribution is -2.45. The average molecular weight is 502 g/mol. The minimum atomic E-state index is -0.0730. The van der Waals surface area contributed by atoms with Gasteiger partial charge in [-0.1, -0.05) is 0 Å². The average Bonchev–Trinajstić information content (AvgIpc) is 3.37. The summed E-state index contributed by atoms with van der Waals surface area (Å²) in [5.41, 5.74) is 0. The zero-order valence-electron chi connectivity index (χ0n) is 16.1. The van der Waals surface area contributed by atoms with Crippen molar-refractivity contribution in [2.24, 2.45) is 10.9 Å². The third-order valence-electron chi connectivity index (χ3n) is 4.61. The van der Waals surface area contributed by atoms with Crippen LogP contribution in [0.3, 0.4) is 0 Å². The van der Waals surface area contributed by atoms with Gasteiger partial charge < -0.3 is 19.8 Å².